The fourth-order valence-corrected chi connectivity index (χ4v) is 3.43. The highest BCUT2D eigenvalue weighted by atomic mass is 15.3. The SMILES string of the molecule is Cn1nccc1CNc1cc2c(c(-c3ccc(C#N)cc3)c1)CN(C#N)C2. The smallest absolute Gasteiger partial charge is 0.179 e. The van der Waals surface area contributed by atoms with Crippen LogP contribution in [0.2, 0.25) is 0 Å². The van der Waals surface area contributed by atoms with Gasteiger partial charge in [-0.1, -0.05) is 12.1 Å². The molecule has 0 radical (unpaired) electrons. The van der Waals surface area contributed by atoms with Crippen LogP contribution in [0.15, 0.2) is 48.7 Å². The van der Waals surface area contributed by atoms with E-state index in [1.54, 1.807) is 11.1 Å². The van der Waals surface area contributed by atoms with Crippen LogP contribution in [0.5, 0.6) is 0 Å². The second-order valence-electron chi connectivity index (χ2n) is 6.61. The van der Waals surface area contributed by atoms with Crippen LogP contribution in [-0.4, -0.2) is 14.7 Å². The van der Waals surface area contributed by atoms with Gasteiger partial charge in [0.1, 0.15) is 0 Å². The third kappa shape index (κ3) is 3.21. The van der Waals surface area contributed by atoms with Crippen molar-refractivity contribution < 1.29 is 0 Å². The molecule has 0 bridgehead atoms. The van der Waals surface area contributed by atoms with E-state index in [2.05, 4.69) is 34.8 Å². The fraction of sp³-hybridized carbons (Fsp3) is 0.190. The Morgan fingerprint density at radius 3 is 2.59 bits per heavy atom. The summed E-state index contributed by atoms with van der Waals surface area (Å²) in [5.41, 5.74) is 7.22. The number of aryl methyl sites for hydroxylation is 1. The van der Waals surface area contributed by atoms with E-state index < -0.39 is 0 Å². The standard InChI is InChI=1S/C21H18N6/c1-26-19(6-7-25-26)11-24-18-8-17-12-27(14-23)13-21(17)20(9-18)16-4-2-15(10-22)3-5-16/h2-9,24H,11-13H2,1H3. The van der Waals surface area contributed by atoms with Crippen LogP contribution in [0.3, 0.4) is 0 Å². The predicted octanol–water partition coefficient (Wildman–Crippen LogP) is 3.37. The Bertz CT molecular complexity index is 1070. The maximum Gasteiger partial charge on any atom is 0.179 e. The van der Waals surface area contributed by atoms with Gasteiger partial charge in [0.15, 0.2) is 6.19 Å². The van der Waals surface area contributed by atoms with Crippen LogP contribution >= 0.6 is 0 Å². The number of aromatic nitrogens is 2. The fourth-order valence-electron chi connectivity index (χ4n) is 3.43. The molecule has 2 heterocycles. The average molecular weight is 354 g/mol. The highest BCUT2D eigenvalue weighted by Gasteiger charge is 2.22. The summed E-state index contributed by atoms with van der Waals surface area (Å²) in [7, 11) is 1.92. The quantitative estimate of drug-likeness (QED) is 0.727. The van der Waals surface area contributed by atoms with Crippen molar-refractivity contribution in [3.8, 4) is 23.4 Å². The zero-order valence-corrected chi connectivity index (χ0v) is 15.0. The van der Waals surface area contributed by atoms with Crippen molar-refractivity contribution in [2.45, 2.75) is 19.6 Å². The summed E-state index contributed by atoms with van der Waals surface area (Å²) in [5, 5.41) is 26.0. The van der Waals surface area contributed by atoms with E-state index in [1.807, 2.05) is 42.1 Å². The van der Waals surface area contributed by atoms with Crippen molar-refractivity contribution in [1.29, 1.82) is 10.5 Å². The third-order valence-corrected chi connectivity index (χ3v) is 4.91. The lowest BCUT2D eigenvalue weighted by Gasteiger charge is -2.13. The van der Waals surface area contributed by atoms with Crippen molar-refractivity contribution in [3.63, 3.8) is 0 Å². The van der Waals surface area contributed by atoms with Crippen molar-refractivity contribution in [1.82, 2.24) is 14.7 Å². The lowest BCUT2D eigenvalue weighted by Crippen LogP contribution is -2.07. The van der Waals surface area contributed by atoms with Crippen molar-refractivity contribution in [3.05, 3.63) is 71.0 Å². The zero-order valence-electron chi connectivity index (χ0n) is 15.0. The minimum atomic E-state index is 0.614. The first-order valence-corrected chi connectivity index (χ1v) is 8.69. The number of benzene rings is 2. The summed E-state index contributed by atoms with van der Waals surface area (Å²) in [5.74, 6) is 0. The van der Waals surface area contributed by atoms with Gasteiger partial charge in [-0.15, -0.1) is 0 Å². The van der Waals surface area contributed by atoms with E-state index in [4.69, 9.17) is 5.26 Å². The number of anilines is 1. The largest absolute Gasteiger partial charge is 0.379 e. The van der Waals surface area contributed by atoms with Gasteiger partial charge in [-0.05, 0) is 52.6 Å². The van der Waals surface area contributed by atoms with Crippen LogP contribution < -0.4 is 5.32 Å². The number of fused-ring (bicyclic) bond motifs is 1. The molecule has 4 rings (SSSR count). The Labute approximate surface area is 157 Å². The summed E-state index contributed by atoms with van der Waals surface area (Å²) in [6.07, 6.45) is 4.03. The summed E-state index contributed by atoms with van der Waals surface area (Å²) >= 11 is 0. The predicted molar refractivity (Wildman–Crippen MR) is 102 cm³/mol. The molecule has 0 spiro atoms. The molecule has 0 aliphatic carbocycles. The first-order chi connectivity index (χ1) is 13.2. The maximum absolute atomic E-state index is 9.31. The Kier molecular flexibility index (Phi) is 4.24. The molecule has 0 saturated heterocycles. The Morgan fingerprint density at radius 1 is 1.11 bits per heavy atom. The van der Waals surface area contributed by atoms with Gasteiger partial charge in [-0.2, -0.15) is 15.6 Å². The molecule has 1 aliphatic heterocycles. The van der Waals surface area contributed by atoms with E-state index >= 15 is 0 Å². The lowest BCUT2D eigenvalue weighted by atomic mass is 9.95. The monoisotopic (exact) mass is 354 g/mol. The second-order valence-corrected chi connectivity index (χ2v) is 6.61. The van der Waals surface area contributed by atoms with Crippen molar-refractivity contribution >= 4 is 5.69 Å². The number of nitrogens with zero attached hydrogens (tertiary/aromatic N) is 5. The van der Waals surface area contributed by atoms with E-state index in [0.717, 1.165) is 28.1 Å². The van der Waals surface area contributed by atoms with Crippen molar-refractivity contribution in [2.75, 3.05) is 5.32 Å². The van der Waals surface area contributed by atoms with Crippen LogP contribution in [0.25, 0.3) is 11.1 Å². The molecule has 0 amide bonds. The van der Waals surface area contributed by atoms with Gasteiger partial charge < -0.3 is 10.2 Å². The molecule has 6 nitrogen and oxygen atoms in total. The summed E-state index contributed by atoms with van der Waals surface area (Å²) in [6.45, 7) is 1.91. The normalized spacial score (nSPS) is 12.3. The molecule has 1 N–H and O–H groups in total. The Balaban J connectivity index is 1.70. The van der Waals surface area contributed by atoms with Crippen LogP contribution in [0.4, 0.5) is 5.69 Å². The molecule has 1 aliphatic rings. The number of hydrogen-bond acceptors (Lipinski definition) is 5. The number of nitrogens with one attached hydrogen (secondary N) is 1. The summed E-state index contributed by atoms with van der Waals surface area (Å²) in [6, 6.07) is 16.0. The third-order valence-electron chi connectivity index (χ3n) is 4.91. The lowest BCUT2D eigenvalue weighted by molar-refractivity contribution is 0.417. The number of hydrogen-bond donors (Lipinski definition) is 1. The zero-order chi connectivity index (χ0) is 18.8. The second kappa shape index (κ2) is 6.86. The van der Waals surface area contributed by atoms with Gasteiger partial charge in [0.25, 0.3) is 0 Å². The summed E-state index contributed by atoms with van der Waals surface area (Å²) < 4.78 is 1.85. The molecule has 0 fully saturated rings. The highest BCUT2D eigenvalue weighted by Crippen LogP contribution is 2.35. The van der Waals surface area contributed by atoms with Gasteiger partial charge in [0.05, 0.1) is 37.0 Å². The average Bonchev–Trinajstić information content (AvgIpc) is 3.31. The molecule has 132 valence electrons. The molecule has 27 heavy (non-hydrogen) atoms. The molecule has 3 aromatic rings. The molecule has 6 heteroatoms. The molecular weight excluding hydrogens is 336 g/mol. The first-order valence-electron chi connectivity index (χ1n) is 8.69. The van der Waals surface area contributed by atoms with E-state index in [-0.39, 0.29) is 0 Å². The summed E-state index contributed by atoms with van der Waals surface area (Å²) in [4.78, 5) is 1.75. The Morgan fingerprint density at radius 2 is 1.93 bits per heavy atom. The van der Waals surface area contributed by atoms with Crippen molar-refractivity contribution in [2.24, 2.45) is 7.05 Å². The molecule has 1 aromatic heterocycles. The van der Waals surface area contributed by atoms with Gasteiger partial charge in [-0.3, -0.25) is 4.68 Å². The first kappa shape index (κ1) is 16.7. The van der Waals surface area contributed by atoms with E-state index in [0.29, 0.717) is 25.2 Å². The van der Waals surface area contributed by atoms with Gasteiger partial charge >= 0.3 is 0 Å². The van der Waals surface area contributed by atoms with Gasteiger partial charge in [0.2, 0.25) is 0 Å². The minimum Gasteiger partial charge on any atom is -0.379 e. The number of rotatable bonds is 4. The topological polar surface area (TPSA) is 80.7 Å². The van der Waals surface area contributed by atoms with Crippen LogP contribution in [0, 0.1) is 22.8 Å². The van der Waals surface area contributed by atoms with Crippen LogP contribution in [0.1, 0.15) is 22.4 Å². The van der Waals surface area contributed by atoms with Gasteiger partial charge in [0, 0.05) is 18.9 Å². The number of nitriles is 2. The molecule has 0 saturated carbocycles. The maximum atomic E-state index is 9.31. The van der Waals surface area contributed by atoms with Gasteiger partial charge in [-0.25, -0.2) is 0 Å². The Hall–Kier alpha value is -3.77. The molecule has 0 atom stereocenters. The highest BCUT2D eigenvalue weighted by molar-refractivity contribution is 5.74. The molecule has 2 aromatic carbocycles. The van der Waals surface area contributed by atoms with E-state index in [9.17, 15) is 5.26 Å². The molecule has 0 unspecified atom stereocenters. The van der Waals surface area contributed by atoms with Crippen LogP contribution in [-0.2, 0) is 26.7 Å². The minimum absolute atomic E-state index is 0.614. The molecular formula is C21H18N6. The van der Waals surface area contributed by atoms with E-state index in [1.165, 1.54) is 5.56 Å².